The number of pyridine rings is 1. The Hall–Kier alpha value is -4.27. The summed E-state index contributed by atoms with van der Waals surface area (Å²) in [6.45, 7) is 1.38. The summed E-state index contributed by atoms with van der Waals surface area (Å²) in [5, 5.41) is 7.62. The maximum Gasteiger partial charge on any atom is 0.352 e. The van der Waals surface area contributed by atoms with Crippen molar-refractivity contribution in [2.45, 2.75) is 13.5 Å². The summed E-state index contributed by atoms with van der Waals surface area (Å²) in [6.07, 6.45) is 1.66. The van der Waals surface area contributed by atoms with Crippen LogP contribution in [0.2, 0.25) is 0 Å². The van der Waals surface area contributed by atoms with Crippen LogP contribution in [-0.4, -0.2) is 32.3 Å². The number of aromatic nitrogens is 4. The molecular weight excluding hydrogens is 398 g/mol. The van der Waals surface area contributed by atoms with Crippen LogP contribution in [0, 0.1) is 0 Å². The van der Waals surface area contributed by atoms with Crippen molar-refractivity contribution in [1.29, 1.82) is 0 Å². The van der Waals surface area contributed by atoms with Crippen LogP contribution in [0.4, 0.5) is 5.69 Å². The topological polar surface area (TPSA) is 108 Å². The number of nitrogens with one attached hydrogen (secondary N) is 1. The smallest absolute Gasteiger partial charge is 0.352 e. The number of ether oxygens (including phenoxy) is 1. The Morgan fingerprint density at radius 1 is 1.10 bits per heavy atom. The molecule has 4 aromatic rings. The predicted molar refractivity (Wildman–Crippen MR) is 116 cm³/mol. The number of hydrogen-bond acceptors (Lipinski definition) is 6. The fourth-order valence-electron chi connectivity index (χ4n) is 3.31. The van der Waals surface area contributed by atoms with Crippen molar-refractivity contribution in [3.63, 3.8) is 0 Å². The number of para-hydroxylation sites is 1. The Bertz CT molecular complexity index is 1400. The number of carbonyl (C=O) groups excluding carboxylic acids is 1. The van der Waals surface area contributed by atoms with Gasteiger partial charge in [-0.25, -0.2) is 9.36 Å². The molecule has 0 spiro atoms. The molecule has 0 aliphatic carbocycles. The van der Waals surface area contributed by atoms with Crippen molar-refractivity contribution in [1.82, 2.24) is 19.3 Å². The SMILES string of the molecule is COc1nn(-c2cccc(NC(C)=O)c2)c(=O)n(Cc2cccc3cccnc23)c1=O. The van der Waals surface area contributed by atoms with Gasteiger partial charge in [-0.1, -0.05) is 30.3 Å². The van der Waals surface area contributed by atoms with Crippen LogP contribution in [-0.2, 0) is 11.3 Å². The molecule has 0 fully saturated rings. The third kappa shape index (κ3) is 3.93. The van der Waals surface area contributed by atoms with E-state index >= 15 is 0 Å². The summed E-state index contributed by atoms with van der Waals surface area (Å²) >= 11 is 0. The molecule has 2 aromatic heterocycles. The average Bonchev–Trinajstić information content (AvgIpc) is 2.76. The molecule has 0 aliphatic heterocycles. The molecule has 9 nitrogen and oxygen atoms in total. The van der Waals surface area contributed by atoms with Gasteiger partial charge in [-0.3, -0.25) is 14.6 Å². The summed E-state index contributed by atoms with van der Waals surface area (Å²) in [4.78, 5) is 41.8. The molecule has 0 saturated carbocycles. The van der Waals surface area contributed by atoms with Crippen LogP contribution in [0.5, 0.6) is 5.88 Å². The zero-order valence-corrected chi connectivity index (χ0v) is 16.9. The van der Waals surface area contributed by atoms with Crippen molar-refractivity contribution >= 4 is 22.5 Å². The minimum Gasteiger partial charge on any atom is -0.476 e. The van der Waals surface area contributed by atoms with Crippen LogP contribution in [0.25, 0.3) is 16.6 Å². The van der Waals surface area contributed by atoms with Crippen molar-refractivity contribution in [2.24, 2.45) is 0 Å². The van der Waals surface area contributed by atoms with Gasteiger partial charge in [-0.15, -0.1) is 5.10 Å². The first-order chi connectivity index (χ1) is 15.0. The number of hydrogen-bond donors (Lipinski definition) is 1. The van der Waals surface area contributed by atoms with E-state index in [9.17, 15) is 14.4 Å². The standard InChI is InChI=1S/C22H19N5O4/c1-14(28)24-17-9-4-10-18(12-17)27-22(30)26(21(29)20(25-27)31-2)13-16-7-3-6-15-8-5-11-23-19(15)16/h3-12H,13H2,1-2H3,(H,24,28). The Kier molecular flexibility index (Phi) is 5.31. The lowest BCUT2D eigenvalue weighted by atomic mass is 10.1. The maximum absolute atomic E-state index is 13.2. The van der Waals surface area contributed by atoms with Crippen LogP contribution in [0.15, 0.2) is 70.4 Å². The van der Waals surface area contributed by atoms with E-state index in [0.29, 0.717) is 22.5 Å². The molecule has 0 aliphatic rings. The molecule has 1 amide bonds. The number of benzene rings is 2. The molecule has 0 saturated heterocycles. The second kappa shape index (κ2) is 8.23. The monoisotopic (exact) mass is 417 g/mol. The summed E-state index contributed by atoms with van der Waals surface area (Å²) in [6, 6.07) is 15.9. The van der Waals surface area contributed by atoms with Gasteiger partial charge in [0.05, 0.1) is 24.9 Å². The molecule has 31 heavy (non-hydrogen) atoms. The van der Waals surface area contributed by atoms with E-state index in [1.807, 2.05) is 30.3 Å². The molecule has 156 valence electrons. The largest absolute Gasteiger partial charge is 0.476 e. The van der Waals surface area contributed by atoms with Crippen LogP contribution in [0.1, 0.15) is 12.5 Å². The maximum atomic E-state index is 13.2. The molecule has 1 N–H and O–H groups in total. The first-order valence-corrected chi connectivity index (χ1v) is 9.47. The van der Waals surface area contributed by atoms with Crippen molar-refractivity contribution in [3.8, 4) is 11.6 Å². The van der Waals surface area contributed by atoms with Crippen LogP contribution >= 0.6 is 0 Å². The molecule has 0 atom stereocenters. The Labute approximate surface area is 176 Å². The first kappa shape index (κ1) is 20.0. The van der Waals surface area contributed by atoms with Crippen molar-refractivity contribution in [2.75, 3.05) is 12.4 Å². The Balaban J connectivity index is 1.87. The summed E-state index contributed by atoms with van der Waals surface area (Å²) < 4.78 is 7.26. The fraction of sp³-hybridized carbons (Fsp3) is 0.136. The molecular formula is C22H19N5O4. The van der Waals surface area contributed by atoms with Gasteiger partial charge in [0.25, 0.3) is 5.88 Å². The Morgan fingerprint density at radius 2 is 1.87 bits per heavy atom. The molecule has 4 rings (SSSR count). The summed E-state index contributed by atoms with van der Waals surface area (Å²) in [7, 11) is 1.32. The Morgan fingerprint density at radius 3 is 2.65 bits per heavy atom. The van der Waals surface area contributed by atoms with Gasteiger partial charge in [0, 0.05) is 24.2 Å². The highest BCUT2D eigenvalue weighted by molar-refractivity contribution is 5.88. The van der Waals surface area contributed by atoms with E-state index in [2.05, 4.69) is 15.4 Å². The lowest BCUT2D eigenvalue weighted by molar-refractivity contribution is -0.114. The fourth-order valence-corrected chi connectivity index (χ4v) is 3.31. The van der Waals surface area contributed by atoms with Crippen LogP contribution < -0.4 is 21.3 Å². The van der Waals surface area contributed by atoms with Gasteiger partial charge < -0.3 is 10.1 Å². The van der Waals surface area contributed by atoms with Gasteiger partial charge in [0.1, 0.15) is 0 Å². The number of amides is 1. The van der Waals surface area contributed by atoms with E-state index in [1.54, 1.807) is 30.5 Å². The predicted octanol–water partition coefficient (Wildman–Crippen LogP) is 1.96. The van der Waals surface area contributed by atoms with Crippen molar-refractivity contribution in [3.05, 3.63) is 87.2 Å². The minimum absolute atomic E-state index is 0.00368. The average molecular weight is 417 g/mol. The van der Waals surface area contributed by atoms with Gasteiger partial charge in [-0.2, -0.15) is 4.68 Å². The zero-order valence-electron chi connectivity index (χ0n) is 16.9. The van der Waals surface area contributed by atoms with E-state index < -0.39 is 11.2 Å². The number of rotatable bonds is 5. The van der Waals surface area contributed by atoms with E-state index in [-0.39, 0.29) is 18.3 Å². The quantitative estimate of drug-likeness (QED) is 0.532. The van der Waals surface area contributed by atoms with Gasteiger partial charge in [0.2, 0.25) is 5.91 Å². The summed E-state index contributed by atoms with van der Waals surface area (Å²) in [5.41, 5.74) is 0.997. The third-order valence-corrected chi connectivity index (χ3v) is 4.68. The lowest BCUT2D eigenvalue weighted by Gasteiger charge is -2.13. The number of methoxy groups -OCH3 is 1. The lowest BCUT2D eigenvalue weighted by Crippen LogP contribution is -2.41. The molecule has 2 heterocycles. The highest BCUT2D eigenvalue weighted by Gasteiger charge is 2.17. The number of nitrogens with zero attached hydrogens (tertiary/aromatic N) is 4. The molecule has 0 radical (unpaired) electrons. The highest BCUT2D eigenvalue weighted by atomic mass is 16.5. The van der Waals surface area contributed by atoms with Crippen LogP contribution in [0.3, 0.4) is 0 Å². The van der Waals surface area contributed by atoms with E-state index in [1.165, 1.54) is 14.0 Å². The summed E-state index contributed by atoms with van der Waals surface area (Å²) in [5.74, 6) is -0.471. The highest BCUT2D eigenvalue weighted by Crippen LogP contribution is 2.17. The number of fused-ring (bicyclic) bond motifs is 1. The van der Waals surface area contributed by atoms with E-state index in [4.69, 9.17) is 4.74 Å². The second-order valence-electron chi connectivity index (χ2n) is 6.82. The third-order valence-electron chi connectivity index (χ3n) is 4.68. The molecule has 0 bridgehead atoms. The normalized spacial score (nSPS) is 10.8. The van der Waals surface area contributed by atoms with E-state index in [0.717, 1.165) is 14.6 Å². The van der Waals surface area contributed by atoms with Crippen molar-refractivity contribution < 1.29 is 9.53 Å². The minimum atomic E-state index is -0.644. The van der Waals surface area contributed by atoms with Gasteiger partial charge >= 0.3 is 11.2 Å². The molecule has 0 unspecified atom stereocenters. The second-order valence-corrected chi connectivity index (χ2v) is 6.82. The molecule has 9 heteroatoms. The molecule has 2 aromatic carbocycles. The number of carbonyl (C=O) groups is 1. The van der Waals surface area contributed by atoms with Gasteiger partial charge in [0.15, 0.2) is 0 Å². The first-order valence-electron chi connectivity index (χ1n) is 9.47. The van der Waals surface area contributed by atoms with Gasteiger partial charge in [-0.05, 0) is 29.8 Å². The number of anilines is 1. The zero-order chi connectivity index (χ0) is 22.0.